The molecule has 0 radical (unpaired) electrons. The molecule has 0 unspecified atom stereocenters. The Morgan fingerprint density at radius 1 is 1.10 bits per heavy atom. The average Bonchev–Trinajstić information content (AvgIpc) is 3.09. The highest BCUT2D eigenvalue weighted by Gasteiger charge is 2.30. The molecule has 2 aliphatic rings. The van der Waals surface area contributed by atoms with Crippen molar-refractivity contribution < 1.29 is 14.3 Å². The molecule has 3 heterocycles. The van der Waals surface area contributed by atoms with Crippen molar-refractivity contribution >= 4 is 23.2 Å². The lowest BCUT2D eigenvalue weighted by atomic mass is 9.98. The minimum atomic E-state index is 0.0863. The Bertz CT molecular complexity index is 489. The standard InChI is InChI=1S/C15H20N2O3S/c18-14(12-3-9-20-10-4-12)16-5-7-17(8-6-16)15(19)13-2-1-11-21-13/h1-2,11-12H,3-10H2. The number of nitrogens with zero attached hydrogens (tertiary/aromatic N) is 2. The van der Waals surface area contributed by atoms with Gasteiger partial charge in [-0.3, -0.25) is 9.59 Å². The number of rotatable bonds is 2. The molecule has 0 N–H and O–H groups in total. The summed E-state index contributed by atoms with van der Waals surface area (Å²) in [5, 5.41) is 1.91. The Kier molecular flexibility index (Phi) is 4.55. The maximum Gasteiger partial charge on any atom is 0.264 e. The fourth-order valence-electron chi connectivity index (χ4n) is 2.89. The van der Waals surface area contributed by atoms with Crippen molar-refractivity contribution in [3.63, 3.8) is 0 Å². The largest absolute Gasteiger partial charge is 0.381 e. The molecule has 3 rings (SSSR count). The Balaban J connectivity index is 1.52. The topological polar surface area (TPSA) is 49.9 Å². The zero-order chi connectivity index (χ0) is 14.7. The molecule has 2 amide bonds. The predicted octanol–water partition coefficient (Wildman–Crippen LogP) is 1.46. The minimum absolute atomic E-state index is 0.0863. The van der Waals surface area contributed by atoms with E-state index in [1.54, 1.807) is 0 Å². The van der Waals surface area contributed by atoms with E-state index < -0.39 is 0 Å². The first-order valence-corrected chi connectivity index (χ1v) is 8.33. The molecule has 1 aromatic rings. The van der Waals surface area contributed by atoms with Crippen LogP contribution in [0.5, 0.6) is 0 Å². The molecule has 6 heteroatoms. The Labute approximate surface area is 128 Å². The van der Waals surface area contributed by atoms with Crippen molar-refractivity contribution in [2.45, 2.75) is 12.8 Å². The van der Waals surface area contributed by atoms with Crippen LogP contribution in [0.1, 0.15) is 22.5 Å². The molecule has 21 heavy (non-hydrogen) atoms. The molecule has 5 nitrogen and oxygen atoms in total. The Hall–Kier alpha value is -1.40. The molecule has 0 spiro atoms. The van der Waals surface area contributed by atoms with E-state index in [-0.39, 0.29) is 17.7 Å². The highest BCUT2D eigenvalue weighted by atomic mass is 32.1. The maximum atomic E-state index is 12.4. The van der Waals surface area contributed by atoms with Crippen LogP contribution in [0.4, 0.5) is 0 Å². The van der Waals surface area contributed by atoms with Crippen LogP contribution in [0, 0.1) is 5.92 Å². The van der Waals surface area contributed by atoms with Crippen molar-refractivity contribution in [2.75, 3.05) is 39.4 Å². The minimum Gasteiger partial charge on any atom is -0.381 e. The zero-order valence-electron chi connectivity index (χ0n) is 12.0. The van der Waals surface area contributed by atoms with E-state index in [1.165, 1.54) is 11.3 Å². The fourth-order valence-corrected chi connectivity index (χ4v) is 3.58. The Morgan fingerprint density at radius 3 is 2.38 bits per heavy atom. The summed E-state index contributed by atoms with van der Waals surface area (Å²) in [5.74, 6) is 0.433. The number of hydrogen-bond donors (Lipinski definition) is 0. The summed E-state index contributed by atoms with van der Waals surface area (Å²) in [7, 11) is 0. The number of hydrogen-bond acceptors (Lipinski definition) is 4. The molecule has 0 aliphatic carbocycles. The predicted molar refractivity (Wildman–Crippen MR) is 80.3 cm³/mol. The van der Waals surface area contributed by atoms with Crippen molar-refractivity contribution in [3.05, 3.63) is 22.4 Å². The van der Waals surface area contributed by atoms with Crippen LogP contribution in [-0.4, -0.2) is 61.0 Å². The second kappa shape index (κ2) is 6.58. The van der Waals surface area contributed by atoms with Crippen LogP contribution in [0.2, 0.25) is 0 Å². The molecule has 0 bridgehead atoms. The molecule has 0 saturated carbocycles. The molecule has 2 aliphatic heterocycles. The van der Waals surface area contributed by atoms with Crippen molar-refractivity contribution in [1.29, 1.82) is 0 Å². The van der Waals surface area contributed by atoms with Gasteiger partial charge in [-0.15, -0.1) is 11.3 Å². The van der Waals surface area contributed by atoms with E-state index >= 15 is 0 Å². The van der Waals surface area contributed by atoms with Crippen LogP contribution in [-0.2, 0) is 9.53 Å². The highest BCUT2D eigenvalue weighted by molar-refractivity contribution is 7.12. The molecule has 114 valence electrons. The summed E-state index contributed by atoms with van der Waals surface area (Å²) in [6, 6.07) is 3.75. The van der Waals surface area contributed by atoms with Crippen LogP contribution in [0.25, 0.3) is 0 Å². The molecule has 2 saturated heterocycles. The van der Waals surface area contributed by atoms with E-state index in [0.717, 1.165) is 17.7 Å². The van der Waals surface area contributed by atoms with Gasteiger partial charge in [0.25, 0.3) is 5.91 Å². The molecule has 0 atom stereocenters. The number of carbonyl (C=O) groups is 2. The SMILES string of the molecule is O=C(c1cccs1)N1CCN(C(=O)C2CCOCC2)CC1. The van der Waals surface area contributed by atoms with Gasteiger partial charge in [0.15, 0.2) is 0 Å². The monoisotopic (exact) mass is 308 g/mol. The molecule has 0 aromatic carbocycles. The summed E-state index contributed by atoms with van der Waals surface area (Å²) >= 11 is 1.47. The van der Waals surface area contributed by atoms with E-state index in [2.05, 4.69) is 0 Å². The number of carbonyl (C=O) groups excluding carboxylic acids is 2. The normalized spacial score (nSPS) is 20.6. The van der Waals surface area contributed by atoms with Gasteiger partial charge in [-0.05, 0) is 24.3 Å². The van der Waals surface area contributed by atoms with Gasteiger partial charge in [-0.25, -0.2) is 0 Å². The Morgan fingerprint density at radius 2 is 1.76 bits per heavy atom. The van der Waals surface area contributed by atoms with Gasteiger partial charge in [0, 0.05) is 45.3 Å². The van der Waals surface area contributed by atoms with Crippen LogP contribution >= 0.6 is 11.3 Å². The molecular formula is C15H20N2O3S. The van der Waals surface area contributed by atoms with E-state index in [4.69, 9.17) is 4.74 Å². The van der Waals surface area contributed by atoms with Crippen LogP contribution in [0.15, 0.2) is 17.5 Å². The summed E-state index contributed by atoms with van der Waals surface area (Å²) in [4.78, 5) is 29.2. The quantitative estimate of drug-likeness (QED) is 0.831. The van der Waals surface area contributed by atoms with Gasteiger partial charge in [0.05, 0.1) is 4.88 Å². The number of thiophene rings is 1. The number of ether oxygens (including phenoxy) is 1. The average molecular weight is 308 g/mol. The molecular weight excluding hydrogens is 288 g/mol. The van der Waals surface area contributed by atoms with Gasteiger partial charge >= 0.3 is 0 Å². The number of amides is 2. The zero-order valence-corrected chi connectivity index (χ0v) is 12.8. The summed E-state index contributed by atoms with van der Waals surface area (Å²) in [6.07, 6.45) is 1.65. The van der Waals surface area contributed by atoms with Gasteiger partial charge in [-0.2, -0.15) is 0 Å². The third-order valence-electron chi connectivity index (χ3n) is 4.18. The summed E-state index contributed by atoms with van der Waals surface area (Å²) < 4.78 is 5.30. The van der Waals surface area contributed by atoms with E-state index in [9.17, 15) is 9.59 Å². The van der Waals surface area contributed by atoms with Crippen molar-refractivity contribution in [1.82, 2.24) is 9.80 Å². The lowest BCUT2D eigenvalue weighted by Crippen LogP contribution is -2.52. The lowest BCUT2D eigenvalue weighted by Gasteiger charge is -2.37. The summed E-state index contributed by atoms with van der Waals surface area (Å²) in [6.45, 7) is 3.93. The maximum absolute atomic E-state index is 12.4. The van der Waals surface area contributed by atoms with Crippen LogP contribution in [0.3, 0.4) is 0 Å². The van der Waals surface area contributed by atoms with Crippen molar-refractivity contribution in [2.24, 2.45) is 5.92 Å². The third-order valence-corrected chi connectivity index (χ3v) is 5.04. The smallest absolute Gasteiger partial charge is 0.264 e. The third kappa shape index (κ3) is 3.27. The first-order chi connectivity index (χ1) is 10.3. The summed E-state index contributed by atoms with van der Waals surface area (Å²) in [5.41, 5.74) is 0. The van der Waals surface area contributed by atoms with Gasteiger partial charge in [0.2, 0.25) is 5.91 Å². The first kappa shape index (κ1) is 14.5. The van der Waals surface area contributed by atoms with Crippen LogP contribution < -0.4 is 0 Å². The second-order valence-electron chi connectivity index (χ2n) is 5.48. The fraction of sp³-hybridized carbons (Fsp3) is 0.600. The number of piperazine rings is 1. The first-order valence-electron chi connectivity index (χ1n) is 7.45. The molecule has 2 fully saturated rings. The van der Waals surface area contributed by atoms with Gasteiger partial charge < -0.3 is 14.5 Å². The van der Waals surface area contributed by atoms with Gasteiger partial charge in [0.1, 0.15) is 0 Å². The van der Waals surface area contributed by atoms with E-state index in [1.807, 2.05) is 27.3 Å². The van der Waals surface area contributed by atoms with E-state index in [0.29, 0.717) is 39.4 Å². The van der Waals surface area contributed by atoms with Crippen molar-refractivity contribution in [3.8, 4) is 0 Å². The lowest BCUT2D eigenvalue weighted by molar-refractivity contribution is -0.140. The van der Waals surface area contributed by atoms with Gasteiger partial charge in [-0.1, -0.05) is 6.07 Å². The second-order valence-corrected chi connectivity index (χ2v) is 6.43. The molecule has 1 aromatic heterocycles. The highest BCUT2D eigenvalue weighted by Crippen LogP contribution is 2.19.